The van der Waals surface area contributed by atoms with Crippen LogP contribution in [0.15, 0.2) is 153 Å². The molecule has 0 aliphatic rings. The van der Waals surface area contributed by atoms with Crippen molar-refractivity contribution >= 4 is 98.9 Å². The van der Waals surface area contributed by atoms with Crippen LogP contribution >= 0.6 is 22.7 Å². The van der Waals surface area contributed by atoms with E-state index in [2.05, 4.69) is 45.2 Å². The van der Waals surface area contributed by atoms with E-state index in [9.17, 15) is 19.2 Å². The lowest BCUT2D eigenvalue weighted by molar-refractivity contribution is 1.30. The van der Waals surface area contributed by atoms with Gasteiger partial charge in [-0.25, -0.2) is 0 Å². The lowest BCUT2D eigenvalue weighted by Gasteiger charge is -2.15. The fourth-order valence-electron chi connectivity index (χ4n) is 9.06. The second-order valence-corrected chi connectivity index (χ2v) is 17.4. The van der Waals surface area contributed by atoms with Crippen molar-refractivity contribution in [3.05, 3.63) is 185 Å². The fraction of sp³-hybridized carbons (Fsp3) is 0.0400. The van der Waals surface area contributed by atoms with E-state index in [0.717, 1.165) is 63.8 Å². The third kappa shape index (κ3) is 4.47. The van der Waals surface area contributed by atoms with Gasteiger partial charge in [0.2, 0.25) is 0 Å². The smallest absolute Gasteiger partial charge is 0.197 e. The topological polar surface area (TPSA) is 77.1 Å². The van der Waals surface area contributed by atoms with Crippen LogP contribution in [0.3, 0.4) is 0 Å². The van der Waals surface area contributed by atoms with Gasteiger partial charge in [-0.1, -0.05) is 47.5 Å². The van der Waals surface area contributed by atoms with Crippen LogP contribution in [0.5, 0.6) is 0 Å². The van der Waals surface area contributed by atoms with Gasteiger partial charge in [-0.15, -0.1) is 22.7 Å². The molecule has 0 radical (unpaired) electrons. The largest absolute Gasteiger partial charge is 0.308 e. The molecule has 0 spiro atoms. The number of fused-ring (bicyclic) bond motifs is 8. The molecule has 0 saturated heterocycles. The zero-order chi connectivity index (χ0) is 39.1. The normalized spacial score (nSPS) is 12.2. The number of aromatic nitrogens is 2. The maximum Gasteiger partial charge on any atom is 0.197 e. The molecule has 0 N–H and O–H groups in total. The molecule has 0 aliphatic heterocycles. The summed E-state index contributed by atoms with van der Waals surface area (Å²) in [7, 11) is 0. The maximum atomic E-state index is 14.1. The summed E-state index contributed by atoms with van der Waals surface area (Å²) < 4.78 is 4.15. The molecular formula is C50H28N2O4S2. The van der Waals surface area contributed by atoms with Crippen molar-refractivity contribution in [3.63, 3.8) is 0 Å². The van der Waals surface area contributed by atoms with Gasteiger partial charge >= 0.3 is 0 Å². The number of hydrogen-bond donors (Lipinski definition) is 0. The Kier molecular flexibility index (Phi) is 6.73. The minimum atomic E-state index is -0.0893. The zero-order valence-corrected chi connectivity index (χ0v) is 32.7. The van der Waals surface area contributed by atoms with Gasteiger partial charge < -0.3 is 8.80 Å². The lowest BCUT2D eigenvalue weighted by atomic mass is 10.0. The standard InChI is InChI=1S/C50H28N2O4S2/c1-25-9-13-37-33(21-25)47(53)29-5-3-7-31-45(29)51(37)39-15-11-27(23-35(39)49(31)55)41-17-19-43(57-41)44-20-18-42(58-44)28-12-16-40-36(24-28)50(56)32-8-4-6-30-46(32)52(40)38-14-10-26(2)22-34(38)48(30)54/h3-24H,1-2H3. The molecule has 0 atom stereocenters. The highest BCUT2D eigenvalue weighted by molar-refractivity contribution is 7.25. The number of thiophene rings is 2. The summed E-state index contributed by atoms with van der Waals surface area (Å²) in [5.74, 6) is 0. The van der Waals surface area contributed by atoms with E-state index >= 15 is 0 Å². The molecule has 0 unspecified atom stereocenters. The first-order valence-corrected chi connectivity index (χ1v) is 20.6. The van der Waals surface area contributed by atoms with Gasteiger partial charge in [-0.05, 0) is 122 Å². The Morgan fingerprint density at radius 2 is 0.672 bits per heavy atom. The van der Waals surface area contributed by atoms with E-state index in [1.807, 2.05) is 98.8 Å². The van der Waals surface area contributed by atoms with Crippen molar-refractivity contribution in [1.29, 1.82) is 0 Å². The first kappa shape index (κ1) is 33.2. The SMILES string of the molecule is Cc1ccc2c(c1)c(=O)c1cccc3c(=O)c4cc(-c5ccc(-c6ccc(-c7ccc8c(c7)c(=O)c7cccc9c(=O)c%10cc(C)ccc%10n8c97)s6)s5)ccc4n2c13. The van der Waals surface area contributed by atoms with E-state index in [1.165, 1.54) is 0 Å². The summed E-state index contributed by atoms with van der Waals surface area (Å²) in [6, 6.07) is 43.2. The van der Waals surface area contributed by atoms with Crippen LogP contribution in [-0.2, 0) is 0 Å². The predicted octanol–water partition coefficient (Wildman–Crippen LogP) is 11.2. The van der Waals surface area contributed by atoms with Gasteiger partial charge in [0, 0.05) is 62.6 Å². The van der Waals surface area contributed by atoms with Crippen LogP contribution in [0.25, 0.3) is 107 Å². The molecule has 274 valence electrons. The van der Waals surface area contributed by atoms with Crippen LogP contribution in [0.4, 0.5) is 0 Å². The summed E-state index contributed by atoms with van der Waals surface area (Å²) in [5, 5.41) is 4.63. The second-order valence-electron chi connectivity index (χ2n) is 15.2. The highest BCUT2D eigenvalue weighted by Crippen LogP contribution is 2.42. The molecule has 6 aromatic heterocycles. The van der Waals surface area contributed by atoms with Crippen molar-refractivity contribution in [2.24, 2.45) is 0 Å². The summed E-state index contributed by atoms with van der Waals surface area (Å²) in [6.45, 7) is 3.96. The van der Waals surface area contributed by atoms with Gasteiger partial charge in [0.15, 0.2) is 21.7 Å². The zero-order valence-electron chi connectivity index (χ0n) is 31.0. The number of aryl methyl sites for hydroxylation is 2. The van der Waals surface area contributed by atoms with Crippen molar-refractivity contribution in [3.8, 4) is 30.6 Å². The molecule has 6 nitrogen and oxygen atoms in total. The number of nitrogens with zero attached hydrogens (tertiary/aromatic N) is 2. The molecule has 58 heavy (non-hydrogen) atoms. The molecule has 8 heteroatoms. The number of pyridine rings is 4. The van der Waals surface area contributed by atoms with Gasteiger partial charge in [-0.3, -0.25) is 19.2 Å². The quantitative estimate of drug-likeness (QED) is 0.132. The van der Waals surface area contributed by atoms with Crippen LogP contribution in [0, 0.1) is 13.8 Å². The van der Waals surface area contributed by atoms with Crippen molar-refractivity contribution in [2.75, 3.05) is 0 Å². The number of hydrogen-bond acceptors (Lipinski definition) is 6. The Balaban J connectivity index is 0.962. The minimum Gasteiger partial charge on any atom is -0.308 e. The van der Waals surface area contributed by atoms with Gasteiger partial charge in [0.1, 0.15) is 0 Å². The Labute approximate surface area is 336 Å². The molecule has 0 fully saturated rings. The summed E-state index contributed by atoms with van der Waals surface area (Å²) in [6.07, 6.45) is 0. The number of para-hydroxylation sites is 2. The van der Waals surface area contributed by atoms with E-state index in [1.54, 1.807) is 34.8 Å². The minimum absolute atomic E-state index is 0.0612. The molecule has 0 saturated carbocycles. The Bertz CT molecular complexity index is 3780. The van der Waals surface area contributed by atoms with E-state index in [-0.39, 0.29) is 21.7 Å². The third-order valence-electron chi connectivity index (χ3n) is 11.8. The van der Waals surface area contributed by atoms with Crippen LogP contribution in [0.1, 0.15) is 11.1 Å². The molecule has 0 aliphatic carbocycles. The average Bonchev–Trinajstić information content (AvgIpc) is 3.95. The second kappa shape index (κ2) is 11.8. The lowest BCUT2D eigenvalue weighted by Crippen LogP contribution is -2.14. The summed E-state index contributed by atoms with van der Waals surface area (Å²) >= 11 is 3.34. The van der Waals surface area contributed by atoms with Crippen molar-refractivity contribution in [1.82, 2.24) is 8.80 Å². The van der Waals surface area contributed by atoms with Gasteiger partial charge in [-0.2, -0.15) is 0 Å². The molecule has 0 bridgehead atoms. The molecule has 0 amide bonds. The highest BCUT2D eigenvalue weighted by atomic mass is 32.1. The maximum absolute atomic E-state index is 14.1. The van der Waals surface area contributed by atoms with Crippen LogP contribution in [-0.4, -0.2) is 8.80 Å². The van der Waals surface area contributed by atoms with Crippen LogP contribution < -0.4 is 21.7 Å². The molecule has 6 heterocycles. The van der Waals surface area contributed by atoms with Gasteiger partial charge in [0.05, 0.1) is 33.1 Å². The molecule has 12 rings (SSSR count). The van der Waals surface area contributed by atoms with E-state index < -0.39 is 0 Å². The third-order valence-corrected chi connectivity index (χ3v) is 14.2. The Hall–Kier alpha value is -7.00. The van der Waals surface area contributed by atoms with Crippen molar-refractivity contribution < 1.29 is 0 Å². The van der Waals surface area contributed by atoms with Crippen LogP contribution in [0.2, 0.25) is 0 Å². The predicted molar refractivity (Wildman–Crippen MR) is 242 cm³/mol. The molecular weight excluding hydrogens is 757 g/mol. The molecule has 6 aromatic carbocycles. The van der Waals surface area contributed by atoms with Gasteiger partial charge in [0.25, 0.3) is 0 Å². The van der Waals surface area contributed by atoms with E-state index in [0.29, 0.717) is 54.1 Å². The Morgan fingerprint density at radius 1 is 0.345 bits per heavy atom. The highest BCUT2D eigenvalue weighted by Gasteiger charge is 2.20. The fourth-order valence-corrected chi connectivity index (χ4v) is 11.2. The average molecular weight is 785 g/mol. The van der Waals surface area contributed by atoms with Crippen molar-refractivity contribution in [2.45, 2.75) is 13.8 Å². The first-order valence-electron chi connectivity index (χ1n) is 19.0. The first-order chi connectivity index (χ1) is 28.2. The Morgan fingerprint density at radius 3 is 1.05 bits per heavy atom. The number of rotatable bonds is 3. The monoisotopic (exact) mass is 784 g/mol. The number of benzene rings is 6. The summed E-state index contributed by atoms with van der Waals surface area (Å²) in [5.41, 5.74) is 8.04. The van der Waals surface area contributed by atoms with E-state index in [4.69, 9.17) is 0 Å². The molecule has 12 aromatic rings. The summed E-state index contributed by atoms with van der Waals surface area (Å²) in [4.78, 5) is 59.7.